The van der Waals surface area contributed by atoms with Crippen LogP contribution in [0.2, 0.25) is 0 Å². The number of nitrogens with zero attached hydrogens (tertiary/aromatic N) is 3. The Kier molecular flexibility index (Phi) is 4.50. The van der Waals surface area contributed by atoms with Crippen LogP contribution in [0.3, 0.4) is 0 Å². The van der Waals surface area contributed by atoms with Gasteiger partial charge in [0.05, 0.1) is 17.6 Å². The molecule has 6 nitrogen and oxygen atoms in total. The lowest BCUT2D eigenvalue weighted by Gasteiger charge is -2.37. The zero-order valence-electron chi connectivity index (χ0n) is 13.6. The number of pyridine rings is 1. The first kappa shape index (κ1) is 15.8. The Morgan fingerprint density at radius 1 is 1.13 bits per heavy atom. The number of likely N-dealkylation sites (tertiary alicyclic amines) is 2. The monoisotopic (exact) mass is 316 g/mol. The van der Waals surface area contributed by atoms with Gasteiger partial charge in [-0.05, 0) is 31.4 Å². The number of fused-ring (bicyclic) bond motifs is 1. The van der Waals surface area contributed by atoms with Crippen molar-refractivity contribution in [1.82, 2.24) is 14.8 Å². The Balaban J connectivity index is 1.89. The third-order valence-corrected chi connectivity index (χ3v) is 5.04. The normalized spacial score (nSPS) is 24.7. The van der Waals surface area contributed by atoms with Crippen molar-refractivity contribution < 1.29 is 9.59 Å². The van der Waals surface area contributed by atoms with Crippen LogP contribution in [-0.4, -0.2) is 51.8 Å². The lowest BCUT2D eigenvalue weighted by Crippen LogP contribution is -2.50. The largest absolute Gasteiger partial charge is 0.383 e. The highest BCUT2D eigenvalue weighted by Crippen LogP contribution is 2.31. The van der Waals surface area contributed by atoms with Crippen LogP contribution >= 0.6 is 0 Å². The number of nitrogens with two attached hydrogens (primary N) is 1. The first-order valence-corrected chi connectivity index (χ1v) is 8.38. The molecule has 0 aliphatic carbocycles. The molecule has 23 heavy (non-hydrogen) atoms. The van der Waals surface area contributed by atoms with Crippen molar-refractivity contribution >= 4 is 17.6 Å². The zero-order valence-corrected chi connectivity index (χ0v) is 13.6. The molecule has 0 unspecified atom stereocenters. The van der Waals surface area contributed by atoms with E-state index in [-0.39, 0.29) is 29.7 Å². The second-order valence-electron chi connectivity index (χ2n) is 6.42. The number of nitrogen functional groups attached to an aromatic ring is 1. The van der Waals surface area contributed by atoms with E-state index in [1.54, 1.807) is 25.3 Å². The van der Waals surface area contributed by atoms with E-state index >= 15 is 0 Å². The van der Waals surface area contributed by atoms with E-state index in [0.29, 0.717) is 5.56 Å². The number of rotatable bonds is 1. The van der Waals surface area contributed by atoms with Crippen LogP contribution in [0.15, 0.2) is 18.3 Å². The molecular formula is C17H24N4O2. The summed E-state index contributed by atoms with van der Waals surface area (Å²) in [6.45, 7) is 3.07. The summed E-state index contributed by atoms with van der Waals surface area (Å²) in [5, 5.41) is 0. The van der Waals surface area contributed by atoms with E-state index in [1.807, 2.05) is 9.80 Å². The molecule has 2 aliphatic rings. The summed E-state index contributed by atoms with van der Waals surface area (Å²) in [5.74, 6) is 0.321. The molecule has 3 rings (SSSR count). The zero-order chi connectivity index (χ0) is 16.4. The van der Waals surface area contributed by atoms with Gasteiger partial charge in [-0.2, -0.15) is 0 Å². The van der Waals surface area contributed by atoms with Gasteiger partial charge in [0.1, 0.15) is 5.82 Å². The quantitative estimate of drug-likeness (QED) is 0.854. The minimum atomic E-state index is -0.0575. The van der Waals surface area contributed by atoms with E-state index in [4.69, 9.17) is 5.73 Å². The maximum atomic E-state index is 13.0. The molecule has 0 radical (unpaired) electrons. The summed E-state index contributed by atoms with van der Waals surface area (Å²) in [6.07, 6.45) is 6.60. The highest BCUT2D eigenvalue weighted by Gasteiger charge is 2.41. The number of amides is 2. The van der Waals surface area contributed by atoms with Crippen molar-refractivity contribution in [3.63, 3.8) is 0 Å². The van der Waals surface area contributed by atoms with Crippen molar-refractivity contribution in [2.75, 3.05) is 18.8 Å². The fraction of sp³-hybridized carbons (Fsp3) is 0.588. The molecule has 3 heterocycles. The Bertz CT molecular complexity index is 604. The third-order valence-electron chi connectivity index (χ3n) is 5.04. The molecule has 2 fully saturated rings. The van der Waals surface area contributed by atoms with Crippen LogP contribution in [0.1, 0.15) is 49.4 Å². The molecule has 0 spiro atoms. The Morgan fingerprint density at radius 3 is 2.65 bits per heavy atom. The molecule has 6 heteroatoms. The van der Waals surface area contributed by atoms with Crippen molar-refractivity contribution in [2.24, 2.45) is 0 Å². The first-order valence-electron chi connectivity index (χ1n) is 8.38. The number of aromatic nitrogens is 1. The second-order valence-corrected chi connectivity index (χ2v) is 6.42. The van der Waals surface area contributed by atoms with Crippen LogP contribution in [-0.2, 0) is 4.79 Å². The van der Waals surface area contributed by atoms with Gasteiger partial charge in [-0.25, -0.2) is 4.98 Å². The highest BCUT2D eigenvalue weighted by atomic mass is 16.2. The predicted molar refractivity (Wildman–Crippen MR) is 87.7 cm³/mol. The van der Waals surface area contributed by atoms with Gasteiger partial charge < -0.3 is 15.5 Å². The van der Waals surface area contributed by atoms with Crippen LogP contribution < -0.4 is 5.73 Å². The summed E-state index contributed by atoms with van der Waals surface area (Å²) in [4.78, 5) is 32.8. The van der Waals surface area contributed by atoms with Gasteiger partial charge in [-0.1, -0.05) is 12.8 Å². The van der Waals surface area contributed by atoms with Crippen molar-refractivity contribution in [3.05, 3.63) is 23.9 Å². The number of anilines is 1. The third kappa shape index (κ3) is 3.02. The van der Waals surface area contributed by atoms with E-state index in [9.17, 15) is 9.59 Å². The van der Waals surface area contributed by atoms with E-state index in [2.05, 4.69) is 4.98 Å². The van der Waals surface area contributed by atoms with Gasteiger partial charge in [0, 0.05) is 26.2 Å². The summed E-state index contributed by atoms with van der Waals surface area (Å²) >= 11 is 0. The molecule has 1 aromatic heterocycles. The number of hydrogen-bond donors (Lipinski definition) is 1. The van der Waals surface area contributed by atoms with Crippen LogP contribution in [0.5, 0.6) is 0 Å². The first-order chi connectivity index (χ1) is 11.1. The highest BCUT2D eigenvalue weighted by molar-refractivity contribution is 5.98. The lowest BCUT2D eigenvalue weighted by molar-refractivity contribution is -0.130. The van der Waals surface area contributed by atoms with E-state index in [0.717, 1.165) is 45.2 Å². The molecule has 1 aromatic rings. The molecular weight excluding hydrogens is 292 g/mol. The molecule has 0 saturated carbocycles. The SMILES string of the molecule is CC(=O)N1CC[C@H]2[C@H]1CCCCCN2C(=O)c1cccnc1N. The van der Waals surface area contributed by atoms with Gasteiger partial charge in [0.2, 0.25) is 5.91 Å². The minimum absolute atomic E-state index is 0.0575. The average Bonchev–Trinajstić information content (AvgIpc) is 2.90. The van der Waals surface area contributed by atoms with E-state index in [1.165, 1.54) is 0 Å². The number of carbonyl (C=O) groups excluding carboxylic acids is 2. The summed E-state index contributed by atoms with van der Waals surface area (Å²) in [7, 11) is 0. The maximum Gasteiger partial charge on any atom is 0.257 e. The van der Waals surface area contributed by atoms with Gasteiger partial charge in [0.15, 0.2) is 0 Å². The second kappa shape index (κ2) is 6.56. The molecule has 2 amide bonds. The predicted octanol–water partition coefficient (Wildman–Crippen LogP) is 1.67. The lowest BCUT2D eigenvalue weighted by atomic mass is 9.96. The fourth-order valence-electron chi connectivity index (χ4n) is 3.92. The maximum absolute atomic E-state index is 13.0. The van der Waals surface area contributed by atoms with E-state index < -0.39 is 0 Å². The van der Waals surface area contributed by atoms with Gasteiger partial charge in [0.25, 0.3) is 5.91 Å². The van der Waals surface area contributed by atoms with Crippen molar-refractivity contribution in [3.8, 4) is 0 Å². The number of carbonyl (C=O) groups is 2. The smallest absolute Gasteiger partial charge is 0.257 e. The molecule has 2 atom stereocenters. The van der Waals surface area contributed by atoms with Crippen LogP contribution in [0.4, 0.5) is 5.82 Å². The summed E-state index contributed by atoms with van der Waals surface area (Å²) < 4.78 is 0. The number of hydrogen-bond acceptors (Lipinski definition) is 4. The van der Waals surface area contributed by atoms with Gasteiger partial charge >= 0.3 is 0 Å². The molecule has 0 aromatic carbocycles. The summed E-state index contributed by atoms with van der Waals surface area (Å²) in [5.41, 5.74) is 6.35. The Hall–Kier alpha value is -2.11. The summed E-state index contributed by atoms with van der Waals surface area (Å²) in [6, 6.07) is 3.69. The Labute approximate surface area is 136 Å². The molecule has 2 saturated heterocycles. The fourth-order valence-corrected chi connectivity index (χ4v) is 3.92. The molecule has 2 aliphatic heterocycles. The molecule has 0 bridgehead atoms. The van der Waals surface area contributed by atoms with Crippen LogP contribution in [0, 0.1) is 0 Å². The van der Waals surface area contributed by atoms with Crippen LogP contribution in [0.25, 0.3) is 0 Å². The minimum Gasteiger partial charge on any atom is -0.383 e. The molecule has 124 valence electrons. The topological polar surface area (TPSA) is 79.5 Å². The Morgan fingerprint density at radius 2 is 1.91 bits per heavy atom. The van der Waals surface area contributed by atoms with Gasteiger partial charge in [-0.3, -0.25) is 9.59 Å². The van der Waals surface area contributed by atoms with Crippen molar-refractivity contribution in [1.29, 1.82) is 0 Å². The average molecular weight is 316 g/mol. The molecule has 2 N–H and O–H groups in total. The van der Waals surface area contributed by atoms with Gasteiger partial charge in [-0.15, -0.1) is 0 Å². The van der Waals surface area contributed by atoms with Crippen molar-refractivity contribution in [2.45, 2.75) is 51.1 Å². The standard InChI is InChI=1S/C17H24N4O2/c1-12(22)20-11-8-15-14(20)7-3-2-4-10-21(15)17(23)13-6-5-9-19-16(13)18/h5-6,9,14-15H,2-4,7-8,10-11H2,1H3,(H2,18,19)/t14-,15+/m1/s1.